The van der Waals surface area contributed by atoms with Gasteiger partial charge in [0.05, 0.1) is 0 Å². The largest absolute Gasteiger partial charge is 0.324 e. The normalized spacial score (nSPS) is 18.1. The van der Waals surface area contributed by atoms with Gasteiger partial charge in [-0.3, -0.25) is 0 Å². The minimum atomic E-state index is -3.41. The number of hydrogen-bond donors (Lipinski definition) is 2. The van der Waals surface area contributed by atoms with Crippen molar-refractivity contribution in [2.45, 2.75) is 70.4 Å². The van der Waals surface area contributed by atoms with E-state index in [2.05, 4.69) is 4.72 Å². The summed E-state index contributed by atoms with van der Waals surface area (Å²) in [6, 6.07) is 0.140. The van der Waals surface area contributed by atoms with E-state index in [0.717, 1.165) is 38.5 Å². The number of nitrogens with two attached hydrogens (primary N) is 1. The van der Waals surface area contributed by atoms with Gasteiger partial charge in [-0.25, -0.2) is 4.72 Å². The van der Waals surface area contributed by atoms with Crippen LogP contribution in [0.15, 0.2) is 0 Å². The van der Waals surface area contributed by atoms with Crippen molar-refractivity contribution >= 4 is 22.6 Å². The Morgan fingerprint density at radius 2 is 1.70 bits per heavy atom. The Morgan fingerprint density at radius 1 is 1.20 bits per heavy atom. The van der Waals surface area contributed by atoms with Crippen LogP contribution in [0.5, 0.6) is 0 Å². The smallest absolute Gasteiger partial charge is 0.279 e. The van der Waals surface area contributed by atoms with Crippen molar-refractivity contribution in [2.75, 3.05) is 13.6 Å². The first-order chi connectivity index (χ1) is 8.84. The summed E-state index contributed by atoms with van der Waals surface area (Å²) in [7, 11) is -1.73. The van der Waals surface area contributed by atoms with Crippen molar-refractivity contribution in [3.63, 3.8) is 0 Å². The Hall–Kier alpha value is 0.120. The molecular formula is C13H30ClN3O2S. The van der Waals surface area contributed by atoms with Crippen molar-refractivity contribution in [3.05, 3.63) is 0 Å². The highest BCUT2D eigenvalue weighted by molar-refractivity contribution is 7.87. The molecule has 0 unspecified atom stereocenters. The van der Waals surface area contributed by atoms with E-state index in [9.17, 15) is 8.42 Å². The second kappa shape index (κ2) is 8.54. The van der Waals surface area contributed by atoms with Crippen molar-refractivity contribution in [2.24, 2.45) is 5.73 Å². The maximum atomic E-state index is 12.3. The lowest BCUT2D eigenvalue weighted by Gasteiger charge is -2.32. The second-order valence-electron chi connectivity index (χ2n) is 5.70. The van der Waals surface area contributed by atoms with E-state index in [1.165, 1.54) is 10.7 Å². The molecule has 7 heteroatoms. The first-order valence-electron chi connectivity index (χ1n) is 7.36. The summed E-state index contributed by atoms with van der Waals surface area (Å²) in [5, 5.41) is 0. The molecule has 0 aliphatic heterocycles. The molecule has 0 bridgehead atoms. The van der Waals surface area contributed by atoms with Crippen LogP contribution in [0.2, 0.25) is 0 Å². The van der Waals surface area contributed by atoms with Gasteiger partial charge in [-0.15, -0.1) is 12.4 Å². The first kappa shape index (κ1) is 20.1. The fourth-order valence-corrected chi connectivity index (χ4v) is 3.75. The average molecular weight is 328 g/mol. The zero-order valence-electron chi connectivity index (χ0n) is 12.9. The van der Waals surface area contributed by atoms with Crippen LogP contribution in [0.3, 0.4) is 0 Å². The van der Waals surface area contributed by atoms with Crippen molar-refractivity contribution in [1.82, 2.24) is 9.03 Å². The predicted octanol–water partition coefficient (Wildman–Crippen LogP) is 2.02. The number of hydrogen-bond acceptors (Lipinski definition) is 3. The minimum Gasteiger partial charge on any atom is -0.324 e. The highest BCUT2D eigenvalue weighted by Crippen LogP contribution is 2.23. The van der Waals surface area contributed by atoms with Gasteiger partial charge in [0.25, 0.3) is 10.2 Å². The molecule has 0 aromatic rings. The van der Waals surface area contributed by atoms with E-state index in [1.54, 1.807) is 7.05 Å². The zero-order chi connectivity index (χ0) is 14.5. The predicted molar refractivity (Wildman–Crippen MR) is 86.3 cm³/mol. The molecule has 0 aromatic carbocycles. The van der Waals surface area contributed by atoms with Crippen molar-refractivity contribution in [1.29, 1.82) is 0 Å². The van der Waals surface area contributed by atoms with Gasteiger partial charge in [-0.2, -0.15) is 12.7 Å². The third-order valence-electron chi connectivity index (χ3n) is 4.48. The van der Waals surface area contributed by atoms with Gasteiger partial charge in [-0.1, -0.05) is 33.1 Å². The molecule has 3 N–H and O–H groups in total. The summed E-state index contributed by atoms with van der Waals surface area (Å²) < 4.78 is 28.7. The third-order valence-corrected chi connectivity index (χ3v) is 6.05. The molecular weight excluding hydrogens is 298 g/mol. The summed E-state index contributed by atoms with van der Waals surface area (Å²) in [5.41, 5.74) is 5.69. The van der Waals surface area contributed by atoms with Crippen LogP contribution in [-0.2, 0) is 10.2 Å². The highest BCUT2D eigenvalue weighted by atomic mass is 35.5. The van der Waals surface area contributed by atoms with E-state index in [4.69, 9.17) is 5.73 Å². The van der Waals surface area contributed by atoms with Gasteiger partial charge in [0.2, 0.25) is 0 Å². The molecule has 0 radical (unpaired) electrons. The molecule has 1 aliphatic carbocycles. The van der Waals surface area contributed by atoms with Gasteiger partial charge < -0.3 is 5.73 Å². The monoisotopic (exact) mass is 327 g/mol. The minimum absolute atomic E-state index is 0. The van der Waals surface area contributed by atoms with E-state index >= 15 is 0 Å². The van der Waals surface area contributed by atoms with Crippen LogP contribution in [0.1, 0.15) is 58.8 Å². The topological polar surface area (TPSA) is 75.4 Å². The van der Waals surface area contributed by atoms with E-state index < -0.39 is 15.7 Å². The molecule has 20 heavy (non-hydrogen) atoms. The molecule has 0 atom stereocenters. The van der Waals surface area contributed by atoms with Gasteiger partial charge >= 0.3 is 0 Å². The molecule has 5 nitrogen and oxygen atoms in total. The van der Waals surface area contributed by atoms with E-state index in [-0.39, 0.29) is 18.4 Å². The summed E-state index contributed by atoms with van der Waals surface area (Å²) >= 11 is 0. The van der Waals surface area contributed by atoms with Crippen molar-refractivity contribution in [3.8, 4) is 0 Å². The molecule has 0 saturated heterocycles. The lowest BCUT2D eigenvalue weighted by molar-refractivity contribution is 0.280. The molecule has 1 aliphatic rings. The van der Waals surface area contributed by atoms with E-state index in [0.29, 0.717) is 6.54 Å². The average Bonchev–Trinajstić information content (AvgIpc) is 2.45. The summed E-state index contributed by atoms with van der Waals surface area (Å²) in [6.07, 6.45) is 6.91. The Bertz CT molecular complexity index is 366. The maximum Gasteiger partial charge on any atom is 0.279 e. The molecule has 0 heterocycles. The van der Waals surface area contributed by atoms with Gasteiger partial charge in [0, 0.05) is 25.2 Å². The second-order valence-corrected chi connectivity index (χ2v) is 7.52. The molecule has 1 saturated carbocycles. The number of nitrogens with one attached hydrogen (secondary N) is 1. The molecule has 1 fully saturated rings. The van der Waals surface area contributed by atoms with Crippen LogP contribution in [0.4, 0.5) is 0 Å². The summed E-state index contributed by atoms with van der Waals surface area (Å²) in [4.78, 5) is 0. The summed E-state index contributed by atoms with van der Waals surface area (Å²) in [5.74, 6) is 0. The zero-order valence-corrected chi connectivity index (χ0v) is 14.5. The molecule has 0 spiro atoms. The Kier molecular flexibility index (Phi) is 8.59. The molecule has 122 valence electrons. The van der Waals surface area contributed by atoms with E-state index in [1.807, 2.05) is 13.8 Å². The lowest BCUT2D eigenvalue weighted by Crippen LogP contribution is -2.53. The molecule has 1 rings (SSSR count). The Balaban J connectivity index is 0.00000361. The van der Waals surface area contributed by atoms with Crippen LogP contribution in [0, 0.1) is 0 Å². The lowest BCUT2D eigenvalue weighted by atomic mass is 9.95. The standard InChI is InChI=1S/C13H29N3O2S.ClH/c1-4-13(14,5-2)11-15-19(17,18)16(3)12-9-7-6-8-10-12;/h12,15H,4-11,14H2,1-3H3;1H. The number of nitrogens with zero attached hydrogens (tertiary/aromatic N) is 1. The SMILES string of the molecule is CCC(N)(CC)CNS(=O)(=O)N(C)C1CCCCC1.Cl. The number of halogens is 1. The van der Waals surface area contributed by atoms with Crippen LogP contribution in [0.25, 0.3) is 0 Å². The van der Waals surface area contributed by atoms with Gasteiger partial charge in [0.1, 0.15) is 0 Å². The fraction of sp³-hybridized carbons (Fsp3) is 1.00. The summed E-state index contributed by atoms with van der Waals surface area (Å²) in [6.45, 7) is 4.28. The Morgan fingerprint density at radius 3 is 2.15 bits per heavy atom. The maximum absolute atomic E-state index is 12.3. The molecule has 0 amide bonds. The van der Waals surface area contributed by atoms with Gasteiger partial charge in [-0.05, 0) is 25.7 Å². The van der Waals surface area contributed by atoms with Crippen LogP contribution >= 0.6 is 12.4 Å². The fourth-order valence-electron chi connectivity index (χ4n) is 2.48. The third kappa shape index (κ3) is 5.48. The van der Waals surface area contributed by atoms with Crippen LogP contribution in [-0.4, -0.2) is 37.9 Å². The van der Waals surface area contributed by atoms with Crippen molar-refractivity contribution < 1.29 is 8.42 Å². The van der Waals surface area contributed by atoms with Gasteiger partial charge in [0.15, 0.2) is 0 Å². The quantitative estimate of drug-likeness (QED) is 0.751. The molecule has 0 aromatic heterocycles. The highest BCUT2D eigenvalue weighted by Gasteiger charge is 2.29. The Labute approximate surface area is 130 Å². The number of rotatable bonds is 7. The van der Waals surface area contributed by atoms with Crippen LogP contribution < -0.4 is 10.5 Å². The first-order valence-corrected chi connectivity index (χ1v) is 8.80.